The van der Waals surface area contributed by atoms with Crippen molar-refractivity contribution in [1.29, 1.82) is 0 Å². The molecule has 0 atom stereocenters. The van der Waals surface area contributed by atoms with Gasteiger partial charge in [0.05, 0.1) is 17.6 Å². The highest BCUT2D eigenvalue weighted by Crippen LogP contribution is 2.35. The van der Waals surface area contributed by atoms with Crippen LogP contribution in [0.1, 0.15) is 27.8 Å². The Kier molecular flexibility index (Phi) is 7.37. The Labute approximate surface area is 226 Å². The fourth-order valence-electron chi connectivity index (χ4n) is 4.32. The largest absolute Gasteiger partial charge is 0.311 e. The number of nitrogens with zero attached hydrogens (tertiary/aromatic N) is 3. The number of hydrogen-bond donors (Lipinski definition) is 0. The molecular formula is C35H33N3. The van der Waals surface area contributed by atoms with Crippen molar-refractivity contribution in [3.8, 4) is 0 Å². The summed E-state index contributed by atoms with van der Waals surface area (Å²) < 4.78 is 0. The normalized spacial score (nSPS) is 11.1. The lowest BCUT2D eigenvalue weighted by molar-refractivity contribution is 1.09. The first-order chi connectivity index (χ1) is 18.5. The van der Waals surface area contributed by atoms with E-state index in [4.69, 9.17) is 5.10 Å². The van der Waals surface area contributed by atoms with E-state index in [1.165, 1.54) is 22.3 Å². The maximum atomic E-state index is 4.90. The van der Waals surface area contributed by atoms with Gasteiger partial charge in [0.25, 0.3) is 0 Å². The quantitative estimate of drug-likeness (QED) is 0.165. The zero-order valence-corrected chi connectivity index (χ0v) is 22.5. The number of benzene rings is 5. The highest BCUT2D eigenvalue weighted by Gasteiger charge is 2.12. The topological polar surface area (TPSA) is 18.8 Å². The number of hydrazone groups is 1. The van der Waals surface area contributed by atoms with Crippen LogP contribution in [0.2, 0.25) is 0 Å². The molecule has 0 aliphatic rings. The summed E-state index contributed by atoms with van der Waals surface area (Å²) in [5, 5.41) is 6.88. The first-order valence-corrected chi connectivity index (χ1v) is 13.0. The summed E-state index contributed by atoms with van der Waals surface area (Å²) in [6, 6.07) is 42.8. The van der Waals surface area contributed by atoms with Gasteiger partial charge in [0.2, 0.25) is 0 Å². The molecule has 0 saturated heterocycles. The van der Waals surface area contributed by atoms with Crippen LogP contribution in [0.3, 0.4) is 0 Å². The van der Waals surface area contributed by atoms with E-state index in [-0.39, 0.29) is 0 Å². The van der Waals surface area contributed by atoms with Gasteiger partial charge in [0, 0.05) is 17.1 Å². The van der Waals surface area contributed by atoms with Crippen LogP contribution in [-0.4, -0.2) is 6.21 Å². The molecule has 0 aromatic heterocycles. The summed E-state index contributed by atoms with van der Waals surface area (Å²) in [4.78, 5) is 2.28. The molecule has 0 bridgehead atoms. The third-order valence-electron chi connectivity index (χ3n) is 6.61. The molecular weight excluding hydrogens is 462 g/mol. The molecule has 0 aliphatic heterocycles. The first kappa shape index (κ1) is 25.0. The van der Waals surface area contributed by atoms with Crippen LogP contribution < -0.4 is 9.91 Å². The summed E-state index contributed by atoms with van der Waals surface area (Å²) >= 11 is 0. The van der Waals surface area contributed by atoms with Gasteiger partial charge in [0.15, 0.2) is 0 Å². The summed E-state index contributed by atoms with van der Waals surface area (Å²) in [7, 11) is 0. The fourth-order valence-corrected chi connectivity index (χ4v) is 4.32. The maximum Gasteiger partial charge on any atom is 0.0652 e. The molecule has 0 radical (unpaired) electrons. The van der Waals surface area contributed by atoms with E-state index >= 15 is 0 Å². The Morgan fingerprint density at radius 1 is 0.395 bits per heavy atom. The summed E-state index contributed by atoms with van der Waals surface area (Å²) in [6.45, 7) is 8.43. The van der Waals surface area contributed by atoms with Crippen molar-refractivity contribution >= 4 is 34.7 Å². The van der Waals surface area contributed by atoms with Gasteiger partial charge in [-0.05, 0) is 93.9 Å². The molecule has 188 valence electrons. The predicted molar refractivity (Wildman–Crippen MR) is 163 cm³/mol. The average molecular weight is 496 g/mol. The molecule has 0 saturated carbocycles. The second-order valence-electron chi connectivity index (χ2n) is 9.83. The van der Waals surface area contributed by atoms with E-state index in [0.29, 0.717) is 0 Å². The SMILES string of the molecule is Cc1ccc(N(N=Cc2ccc(N(c3ccc(C)cc3)c3ccc(C)cc3)cc2)c2ccc(C)cc2)cc1. The van der Waals surface area contributed by atoms with Crippen LogP contribution in [0.4, 0.5) is 28.4 Å². The van der Waals surface area contributed by atoms with Gasteiger partial charge in [-0.2, -0.15) is 5.10 Å². The van der Waals surface area contributed by atoms with Crippen LogP contribution in [0, 0.1) is 27.7 Å². The molecule has 0 aliphatic carbocycles. The second kappa shape index (κ2) is 11.2. The minimum atomic E-state index is 1.03. The van der Waals surface area contributed by atoms with Gasteiger partial charge in [0.1, 0.15) is 0 Å². The molecule has 0 spiro atoms. The second-order valence-corrected chi connectivity index (χ2v) is 9.83. The summed E-state index contributed by atoms with van der Waals surface area (Å²) in [5.74, 6) is 0. The number of aryl methyl sites for hydroxylation is 4. The minimum absolute atomic E-state index is 1.03. The Balaban J connectivity index is 1.46. The molecule has 5 rings (SSSR count). The lowest BCUT2D eigenvalue weighted by Crippen LogP contribution is -2.10. The van der Waals surface area contributed by atoms with Crippen molar-refractivity contribution in [1.82, 2.24) is 0 Å². The molecule has 5 aromatic carbocycles. The summed E-state index contributed by atoms with van der Waals surface area (Å²) in [6.07, 6.45) is 1.92. The van der Waals surface area contributed by atoms with E-state index in [2.05, 4.69) is 154 Å². The number of rotatable bonds is 7. The van der Waals surface area contributed by atoms with Crippen molar-refractivity contribution in [2.24, 2.45) is 5.10 Å². The van der Waals surface area contributed by atoms with Crippen LogP contribution in [0.15, 0.2) is 126 Å². The van der Waals surface area contributed by atoms with E-state index in [0.717, 1.165) is 34.0 Å². The Morgan fingerprint density at radius 3 is 1.03 bits per heavy atom. The van der Waals surface area contributed by atoms with E-state index in [9.17, 15) is 0 Å². The van der Waals surface area contributed by atoms with Gasteiger partial charge in [-0.1, -0.05) is 82.9 Å². The van der Waals surface area contributed by atoms with Gasteiger partial charge in [-0.15, -0.1) is 0 Å². The molecule has 0 N–H and O–H groups in total. The van der Waals surface area contributed by atoms with Crippen molar-refractivity contribution < 1.29 is 0 Å². The molecule has 5 aromatic rings. The Bertz CT molecular complexity index is 1410. The predicted octanol–water partition coefficient (Wildman–Crippen LogP) is 9.56. The van der Waals surface area contributed by atoms with Gasteiger partial charge in [-0.3, -0.25) is 0 Å². The van der Waals surface area contributed by atoms with Crippen molar-refractivity contribution in [2.75, 3.05) is 9.91 Å². The smallest absolute Gasteiger partial charge is 0.0652 e. The van der Waals surface area contributed by atoms with Crippen molar-refractivity contribution in [3.63, 3.8) is 0 Å². The van der Waals surface area contributed by atoms with Crippen LogP contribution in [-0.2, 0) is 0 Å². The monoisotopic (exact) mass is 495 g/mol. The third-order valence-corrected chi connectivity index (χ3v) is 6.61. The number of anilines is 5. The number of hydrogen-bond acceptors (Lipinski definition) is 3. The molecule has 3 nitrogen and oxygen atoms in total. The molecule has 38 heavy (non-hydrogen) atoms. The van der Waals surface area contributed by atoms with Crippen LogP contribution in [0.25, 0.3) is 0 Å². The van der Waals surface area contributed by atoms with E-state index in [1.807, 2.05) is 11.2 Å². The Hall–Kier alpha value is -4.63. The first-order valence-electron chi connectivity index (χ1n) is 13.0. The zero-order valence-electron chi connectivity index (χ0n) is 22.5. The molecule has 3 heteroatoms. The highest BCUT2D eigenvalue weighted by atomic mass is 15.5. The highest BCUT2D eigenvalue weighted by molar-refractivity contribution is 5.84. The molecule has 0 unspecified atom stereocenters. The summed E-state index contributed by atoms with van der Waals surface area (Å²) in [5.41, 5.74) is 11.4. The van der Waals surface area contributed by atoms with Gasteiger partial charge < -0.3 is 4.90 Å². The minimum Gasteiger partial charge on any atom is -0.311 e. The van der Waals surface area contributed by atoms with E-state index < -0.39 is 0 Å². The van der Waals surface area contributed by atoms with E-state index in [1.54, 1.807) is 0 Å². The lowest BCUT2D eigenvalue weighted by atomic mass is 10.1. The Morgan fingerprint density at radius 2 is 0.684 bits per heavy atom. The standard InChI is InChI=1S/C35H33N3/c1-26-5-15-31(16-6-26)37(32-17-7-27(2)8-18-32)33-23-13-30(14-24-33)25-36-38(34-19-9-28(3)10-20-34)35-21-11-29(4)12-22-35/h5-25H,1-4H3. The maximum absolute atomic E-state index is 4.90. The third kappa shape index (κ3) is 5.84. The fraction of sp³-hybridized carbons (Fsp3) is 0.114. The van der Waals surface area contributed by atoms with Crippen molar-refractivity contribution in [2.45, 2.75) is 27.7 Å². The van der Waals surface area contributed by atoms with Gasteiger partial charge in [-0.25, -0.2) is 5.01 Å². The lowest BCUT2D eigenvalue weighted by Gasteiger charge is -2.26. The molecule has 0 amide bonds. The van der Waals surface area contributed by atoms with Gasteiger partial charge >= 0.3 is 0 Å². The van der Waals surface area contributed by atoms with Crippen LogP contribution in [0.5, 0.6) is 0 Å². The zero-order chi connectivity index (χ0) is 26.5. The molecule has 0 fully saturated rings. The average Bonchev–Trinajstić information content (AvgIpc) is 2.94. The molecule has 0 heterocycles. The van der Waals surface area contributed by atoms with Crippen LogP contribution >= 0.6 is 0 Å². The van der Waals surface area contributed by atoms with Crippen molar-refractivity contribution in [3.05, 3.63) is 149 Å².